The molecule has 0 spiro atoms. The Morgan fingerprint density at radius 3 is 2.33 bits per heavy atom. The van der Waals surface area contributed by atoms with Crippen molar-refractivity contribution in [3.05, 3.63) is 125 Å². The number of esters is 1. The minimum absolute atomic E-state index is 0.0263. The predicted octanol–water partition coefficient (Wildman–Crippen LogP) is 7.54. The normalized spacial score (nSPS) is 11.5. The third-order valence-corrected chi connectivity index (χ3v) is 6.65. The minimum atomic E-state index is -0.631. The van der Waals surface area contributed by atoms with E-state index in [-0.39, 0.29) is 35.2 Å². The number of carbonyl (C=O) groups excluding carboxylic acids is 1. The van der Waals surface area contributed by atoms with Gasteiger partial charge < -0.3 is 29.6 Å². The van der Waals surface area contributed by atoms with Gasteiger partial charge >= 0.3 is 5.97 Å². The average molecular weight is 561 g/mol. The summed E-state index contributed by atoms with van der Waals surface area (Å²) < 4.78 is 11.7. The Labute approximate surface area is 242 Å². The zero-order valence-electron chi connectivity index (χ0n) is 22.7. The summed E-state index contributed by atoms with van der Waals surface area (Å²) in [6, 6.07) is 21.0. The Kier molecular flexibility index (Phi) is 7.95. The summed E-state index contributed by atoms with van der Waals surface area (Å²) >= 11 is 0. The van der Waals surface area contributed by atoms with Crippen molar-refractivity contribution >= 4 is 34.7 Å². The van der Waals surface area contributed by atoms with Crippen LogP contribution in [-0.4, -0.2) is 33.0 Å². The van der Waals surface area contributed by atoms with Gasteiger partial charge in [0, 0.05) is 22.6 Å². The highest BCUT2D eigenvalue weighted by Crippen LogP contribution is 2.42. The van der Waals surface area contributed by atoms with Crippen LogP contribution in [0.1, 0.15) is 39.5 Å². The second-order valence-electron chi connectivity index (χ2n) is 9.55. The minimum Gasteiger partial charge on any atom is -0.508 e. The summed E-state index contributed by atoms with van der Waals surface area (Å²) in [6.07, 6.45) is 7.17. The number of benzene rings is 4. The number of ether oxygens (including phenoxy) is 1. The number of rotatable bonds is 8. The molecular weight excluding hydrogens is 532 g/mol. The molecule has 7 nitrogen and oxygen atoms in total. The number of phenols is 3. The largest absolute Gasteiger partial charge is 0.508 e. The Bertz CT molecular complexity index is 1860. The lowest BCUT2D eigenvalue weighted by Gasteiger charge is -2.16. The van der Waals surface area contributed by atoms with Gasteiger partial charge in [0.05, 0.1) is 17.7 Å². The summed E-state index contributed by atoms with van der Waals surface area (Å²) in [4.78, 5) is 12.9. The van der Waals surface area contributed by atoms with E-state index in [0.717, 1.165) is 16.5 Å². The highest BCUT2D eigenvalue weighted by Gasteiger charge is 2.20. The first kappa shape index (κ1) is 28.0. The first-order valence-corrected chi connectivity index (χ1v) is 13.1. The zero-order valence-corrected chi connectivity index (χ0v) is 22.7. The van der Waals surface area contributed by atoms with E-state index >= 15 is 0 Å². The maximum atomic E-state index is 12.9. The second-order valence-corrected chi connectivity index (χ2v) is 9.55. The van der Waals surface area contributed by atoms with Crippen molar-refractivity contribution in [2.24, 2.45) is 0 Å². The lowest BCUT2D eigenvalue weighted by molar-refractivity contribution is 0.0734. The fourth-order valence-electron chi connectivity index (χ4n) is 4.57. The van der Waals surface area contributed by atoms with Crippen molar-refractivity contribution in [2.75, 3.05) is 6.61 Å². The molecule has 0 saturated heterocycles. The van der Waals surface area contributed by atoms with E-state index in [2.05, 4.69) is 6.58 Å². The molecule has 42 heavy (non-hydrogen) atoms. The molecule has 5 aromatic rings. The quantitative estimate of drug-likeness (QED) is 0.114. The van der Waals surface area contributed by atoms with Crippen LogP contribution in [0.4, 0.5) is 0 Å². The van der Waals surface area contributed by atoms with Gasteiger partial charge in [-0.3, -0.25) is 0 Å². The van der Waals surface area contributed by atoms with Gasteiger partial charge in [0.15, 0.2) is 0 Å². The molecule has 0 aliphatic carbocycles. The Morgan fingerprint density at radius 2 is 1.60 bits per heavy atom. The third-order valence-electron chi connectivity index (χ3n) is 6.65. The molecule has 0 aliphatic rings. The lowest BCUT2D eigenvalue weighted by atomic mass is 9.94. The monoisotopic (exact) mass is 560 g/mol. The van der Waals surface area contributed by atoms with Crippen molar-refractivity contribution in [1.29, 1.82) is 0 Å². The summed E-state index contributed by atoms with van der Waals surface area (Å²) in [5.74, 6) is -0.424. The van der Waals surface area contributed by atoms with Gasteiger partial charge in [0.25, 0.3) is 0 Å². The van der Waals surface area contributed by atoms with Crippen LogP contribution in [0.15, 0.2) is 102 Å². The number of fused-ring (bicyclic) bond motifs is 1. The van der Waals surface area contributed by atoms with Gasteiger partial charge in [-0.25, -0.2) is 4.79 Å². The molecule has 7 heteroatoms. The summed E-state index contributed by atoms with van der Waals surface area (Å²) in [7, 11) is 0. The first-order chi connectivity index (χ1) is 20.3. The van der Waals surface area contributed by atoms with Crippen LogP contribution in [0, 0.1) is 0 Å². The smallest absolute Gasteiger partial charge is 0.343 e. The van der Waals surface area contributed by atoms with E-state index in [1.165, 1.54) is 30.3 Å². The van der Waals surface area contributed by atoms with Crippen molar-refractivity contribution in [2.45, 2.75) is 6.92 Å². The van der Waals surface area contributed by atoms with Gasteiger partial charge in [0.1, 0.15) is 34.3 Å². The van der Waals surface area contributed by atoms with Crippen LogP contribution in [-0.2, 0) is 0 Å². The Hall–Kier alpha value is -5.53. The van der Waals surface area contributed by atoms with Crippen LogP contribution in [0.25, 0.3) is 40.0 Å². The topological polar surface area (TPSA) is 120 Å². The van der Waals surface area contributed by atoms with E-state index in [9.17, 15) is 20.1 Å². The zero-order chi connectivity index (χ0) is 29.8. The molecule has 4 N–H and O–H groups in total. The number of hydrogen-bond acceptors (Lipinski definition) is 7. The van der Waals surface area contributed by atoms with Crippen LogP contribution in [0.3, 0.4) is 0 Å². The number of hydrogen-bond donors (Lipinski definition) is 4. The molecule has 4 aromatic carbocycles. The third kappa shape index (κ3) is 5.82. The van der Waals surface area contributed by atoms with Crippen LogP contribution in [0.5, 0.6) is 23.0 Å². The van der Waals surface area contributed by atoms with Gasteiger partial charge in [-0.05, 0) is 84.3 Å². The maximum Gasteiger partial charge on any atom is 0.343 e. The van der Waals surface area contributed by atoms with Crippen LogP contribution in [0.2, 0.25) is 0 Å². The number of aliphatic hydroxyl groups is 1. The molecule has 210 valence electrons. The van der Waals surface area contributed by atoms with E-state index in [0.29, 0.717) is 33.6 Å². The van der Waals surface area contributed by atoms with Gasteiger partial charge in [0.2, 0.25) is 0 Å². The standard InChI is InChI=1S/C35H28O7/c1-3-5-22-8-14-33(42-35(40)24-9-11-26(37)12-10-24)28(17-22)21(2)27-19-29(31(39)20-30(27)38)34-18-25-16-23(6-4-15-36)7-13-32(25)41-34/h3-14,16-20,36-39H,2,15H2,1H3/b5-3+,6-4+. The number of carbonyl (C=O) groups is 1. The molecule has 0 fully saturated rings. The summed E-state index contributed by atoms with van der Waals surface area (Å²) in [6.45, 7) is 6.02. The molecule has 0 atom stereocenters. The maximum absolute atomic E-state index is 12.9. The van der Waals surface area contributed by atoms with Crippen molar-refractivity contribution < 1.29 is 34.4 Å². The second kappa shape index (κ2) is 11.9. The van der Waals surface area contributed by atoms with E-state index in [1.54, 1.807) is 48.6 Å². The highest BCUT2D eigenvalue weighted by molar-refractivity contribution is 5.94. The van der Waals surface area contributed by atoms with Gasteiger partial charge in [-0.1, -0.05) is 43.0 Å². The fourth-order valence-corrected chi connectivity index (χ4v) is 4.57. The molecule has 1 heterocycles. The number of aromatic hydroxyl groups is 3. The number of aliphatic hydroxyl groups excluding tert-OH is 1. The number of phenolic OH excluding ortho intramolecular Hbond substituents is 3. The highest BCUT2D eigenvalue weighted by atomic mass is 16.5. The van der Waals surface area contributed by atoms with E-state index in [1.807, 2.05) is 31.2 Å². The van der Waals surface area contributed by atoms with Crippen LogP contribution >= 0.6 is 0 Å². The molecule has 1 aromatic heterocycles. The summed E-state index contributed by atoms with van der Waals surface area (Å²) in [5.41, 5.74) is 3.98. The SMILES string of the molecule is C=C(c1cc(-c2cc3cc(/C=C/CO)ccc3o2)c(O)cc1O)c1cc(/C=C/C)ccc1OC(=O)c1ccc(O)cc1. The van der Waals surface area contributed by atoms with Crippen molar-refractivity contribution in [3.63, 3.8) is 0 Å². The molecular formula is C35H28O7. The molecule has 0 aliphatic heterocycles. The van der Waals surface area contributed by atoms with Crippen LogP contribution < -0.4 is 4.74 Å². The summed E-state index contributed by atoms with van der Waals surface area (Å²) in [5, 5.41) is 41.1. The number of allylic oxidation sites excluding steroid dienone is 1. The Balaban J connectivity index is 1.55. The van der Waals surface area contributed by atoms with Crippen molar-refractivity contribution in [3.8, 4) is 34.3 Å². The predicted molar refractivity (Wildman–Crippen MR) is 163 cm³/mol. The molecule has 0 unspecified atom stereocenters. The molecule has 5 rings (SSSR count). The molecule has 0 radical (unpaired) electrons. The first-order valence-electron chi connectivity index (χ1n) is 13.1. The molecule has 0 saturated carbocycles. The fraction of sp³-hybridized carbons (Fsp3) is 0.0571. The van der Waals surface area contributed by atoms with Crippen molar-refractivity contribution in [1.82, 2.24) is 0 Å². The van der Waals surface area contributed by atoms with E-state index < -0.39 is 5.97 Å². The van der Waals surface area contributed by atoms with E-state index in [4.69, 9.17) is 14.3 Å². The molecule has 0 amide bonds. The lowest BCUT2D eigenvalue weighted by Crippen LogP contribution is -2.10. The van der Waals surface area contributed by atoms with Gasteiger partial charge in [-0.15, -0.1) is 0 Å². The van der Waals surface area contributed by atoms with Gasteiger partial charge in [-0.2, -0.15) is 0 Å². The molecule has 0 bridgehead atoms. The average Bonchev–Trinajstić information content (AvgIpc) is 3.40. The number of furan rings is 1. The Morgan fingerprint density at radius 1 is 0.857 bits per heavy atom.